The van der Waals surface area contributed by atoms with Gasteiger partial charge in [-0.2, -0.15) is 0 Å². The first-order chi connectivity index (χ1) is 9.75. The van der Waals surface area contributed by atoms with Crippen LogP contribution in [0.5, 0.6) is 0 Å². The van der Waals surface area contributed by atoms with E-state index in [0.29, 0.717) is 10.2 Å². The van der Waals surface area contributed by atoms with Crippen LogP contribution >= 0.6 is 11.3 Å². The molecule has 0 aliphatic rings. The molecule has 2 rings (SSSR count). The van der Waals surface area contributed by atoms with Gasteiger partial charge in [0.1, 0.15) is 16.3 Å². The molecule has 0 aliphatic heterocycles. The summed E-state index contributed by atoms with van der Waals surface area (Å²) in [6.07, 6.45) is 0. The molecule has 1 amide bonds. The van der Waals surface area contributed by atoms with Gasteiger partial charge in [0, 0.05) is 11.1 Å². The lowest BCUT2D eigenvalue weighted by Crippen LogP contribution is -2.38. The molecule has 2 aromatic heterocycles. The number of hydrogen-bond acceptors (Lipinski definition) is 5. The molecule has 0 radical (unpaired) electrons. The van der Waals surface area contributed by atoms with Gasteiger partial charge in [0.2, 0.25) is 0 Å². The topological polar surface area (TPSA) is 88.2 Å². The number of aliphatic hydroxyl groups excluding tert-OH is 1. The molecule has 114 valence electrons. The van der Waals surface area contributed by atoms with Crippen LogP contribution in [-0.4, -0.2) is 35.1 Å². The number of nitrogens with two attached hydrogens (primary N) is 1. The Hall–Kier alpha value is -1.80. The molecule has 0 aliphatic carbocycles. The lowest BCUT2D eigenvalue weighted by molar-refractivity contribution is -0.0461. The van der Waals surface area contributed by atoms with E-state index in [0.717, 1.165) is 22.6 Å². The number of carbonyl (C=O) groups is 1. The van der Waals surface area contributed by atoms with Crippen molar-refractivity contribution in [3.05, 3.63) is 22.2 Å². The smallest absolute Gasteiger partial charge is 0.287 e. The van der Waals surface area contributed by atoms with Crippen molar-refractivity contribution in [2.75, 3.05) is 18.9 Å². The number of aliphatic hydroxyl groups is 1. The van der Waals surface area contributed by atoms with E-state index in [2.05, 4.69) is 10.3 Å². The lowest BCUT2D eigenvalue weighted by Gasteiger charge is -2.13. The molecule has 0 spiro atoms. The van der Waals surface area contributed by atoms with Crippen LogP contribution in [0.4, 0.5) is 14.5 Å². The van der Waals surface area contributed by atoms with Gasteiger partial charge < -0.3 is 16.2 Å². The van der Waals surface area contributed by atoms with E-state index >= 15 is 0 Å². The van der Waals surface area contributed by atoms with Gasteiger partial charge in [-0.15, -0.1) is 11.3 Å². The van der Waals surface area contributed by atoms with Gasteiger partial charge in [0.05, 0.1) is 12.2 Å². The molecule has 8 heteroatoms. The summed E-state index contributed by atoms with van der Waals surface area (Å²) in [4.78, 5) is 17.0. The highest BCUT2D eigenvalue weighted by molar-refractivity contribution is 7.21. The highest BCUT2D eigenvalue weighted by atomic mass is 32.1. The van der Waals surface area contributed by atoms with E-state index in [-0.39, 0.29) is 10.6 Å². The Morgan fingerprint density at radius 2 is 2.19 bits per heavy atom. The molecule has 0 aromatic carbocycles. The SMILES string of the molecule is Cc1cc(C)c2c(N)c(C(=O)NCC(F)(F)CO)sc2n1. The summed E-state index contributed by atoms with van der Waals surface area (Å²) in [6.45, 7) is 1.40. The zero-order valence-corrected chi connectivity index (χ0v) is 12.4. The highest BCUT2D eigenvalue weighted by Gasteiger charge is 2.29. The maximum absolute atomic E-state index is 12.9. The molecule has 0 unspecified atom stereocenters. The fraction of sp³-hybridized carbons (Fsp3) is 0.385. The van der Waals surface area contributed by atoms with Gasteiger partial charge in [-0.1, -0.05) is 0 Å². The number of aryl methyl sites for hydroxylation is 2. The van der Waals surface area contributed by atoms with Gasteiger partial charge in [0.25, 0.3) is 11.8 Å². The van der Waals surface area contributed by atoms with E-state index in [1.807, 2.05) is 19.9 Å². The predicted octanol–water partition coefficient (Wildman–Crippen LogP) is 1.85. The minimum absolute atomic E-state index is 0.153. The summed E-state index contributed by atoms with van der Waals surface area (Å²) in [6, 6.07) is 1.84. The van der Waals surface area contributed by atoms with Crippen LogP contribution in [0, 0.1) is 13.8 Å². The number of fused-ring (bicyclic) bond motifs is 1. The van der Waals surface area contributed by atoms with E-state index in [9.17, 15) is 13.6 Å². The first-order valence-electron chi connectivity index (χ1n) is 6.18. The molecule has 0 atom stereocenters. The fourth-order valence-corrected chi connectivity index (χ4v) is 3.12. The van der Waals surface area contributed by atoms with Crippen LogP contribution in [0.3, 0.4) is 0 Å². The summed E-state index contributed by atoms with van der Waals surface area (Å²) < 4.78 is 25.9. The number of nitrogen functional groups attached to an aromatic ring is 1. The van der Waals surface area contributed by atoms with E-state index in [1.165, 1.54) is 0 Å². The summed E-state index contributed by atoms with van der Waals surface area (Å²) in [7, 11) is 0. The Morgan fingerprint density at radius 1 is 1.52 bits per heavy atom. The number of nitrogens with zero attached hydrogens (tertiary/aromatic N) is 1. The van der Waals surface area contributed by atoms with Crippen molar-refractivity contribution in [2.45, 2.75) is 19.8 Å². The Bertz CT molecular complexity index is 700. The molecule has 2 heterocycles. The molecule has 21 heavy (non-hydrogen) atoms. The number of thiophene rings is 1. The van der Waals surface area contributed by atoms with Crippen molar-refractivity contribution in [3.63, 3.8) is 0 Å². The maximum atomic E-state index is 12.9. The summed E-state index contributed by atoms with van der Waals surface area (Å²) in [5.74, 6) is -4.05. The quantitative estimate of drug-likeness (QED) is 0.803. The van der Waals surface area contributed by atoms with E-state index < -0.39 is 25.0 Å². The fourth-order valence-electron chi connectivity index (χ4n) is 1.98. The number of carbonyl (C=O) groups excluding carboxylic acids is 1. The predicted molar refractivity (Wildman–Crippen MR) is 77.9 cm³/mol. The number of nitrogens with one attached hydrogen (secondary N) is 1. The second-order valence-corrected chi connectivity index (χ2v) is 5.80. The minimum atomic E-state index is -3.36. The van der Waals surface area contributed by atoms with Crippen LogP contribution in [0.25, 0.3) is 10.2 Å². The molecular formula is C13H15F2N3O2S. The van der Waals surface area contributed by atoms with Crippen LogP contribution in [-0.2, 0) is 0 Å². The van der Waals surface area contributed by atoms with E-state index in [4.69, 9.17) is 10.8 Å². The lowest BCUT2D eigenvalue weighted by atomic mass is 10.1. The second kappa shape index (κ2) is 5.53. The van der Waals surface area contributed by atoms with Gasteiger partial charge in [-0.3, -0.25) is 4.79 Å². The number of amides is 1. The third kappa shape index (κ3) is 3.11. The molecular weight excluding hydrogens is 300 g/mol. The Morgan fingerprint density at radius 3 is 2.81 bits per heavy atom. The Labute approximate surface area is 123 Å². The van der Waals surface area contributed by atoms with Crippen LogP contribution in [0.1, 0.15) is 20.9 Å². The van der Waals surface area contributed by atoms with Gasteiger partial charge >= 0.3 is 0 Å². The standard InChI is InChI=1S/C13H15F2N3O2S/c1-6-3-7(2)18-12-8(6)9(16)10(21-12)11(20)17-4-13(14,15)5-19/h3,19H,4-5,16H2,1-2H3,(H,17,20). The number of anilines is 1. The van der Waals surface area contributed by atoms with Gasteiger partial charge in [0.15, 0.2) is 0 Å². The van der Waals surface area contributed by atoms with Crippen molar-refractivity contribution in [2.24, 2.45) is 0 Å². The van der Waals surface area contributed by atoms with Crippen molar-refractivity contribution in [3.8, 4) is 0 Å². The summed E-state index contributed by atoms with van der Waals surface area (Å²) in [5.41, 5.74) is 7.85. The van der Waals surface area contributed by atoms with Crippen LogP contribution in [0.15, 0.2) is 6.07 Å². The third-order valence-electron chi connectivity index (χ3n) is 2.97. The molecule has 5 nitrogen and oxygen atoms in total. The van der Waals surface area contributed by atoms with Gasteiger partial charge in [-0.05, 0) is 25.5 Å². The van der Waals surface area contributed by atoms with Crippen LogP contribution < -0.4 is 11.1 Å². The molecule has 0 fully saturated rings. The molecule has 0 bridgehead atoms. The zero-order valence-electron chi connectivity index (χ0n) is 11.5. The normalized spacial score (nSPS) is 11.9. The first-order valence-corrected chi connectivity index (χ1v) is 7.00. The molecule has 0 saturated heterocycles. The Kier molecular flexibility index (Phi) is 4.11. The number of alkyl halides is 2. The Balaban J connectivity index is 2.32. The monoisotopic (exact) mass is 315 g/mol. The summed E-state index contributed by atoms with van der Waals surface area (Å²) in [5, 5.41) is 11.2. The van der Waals surface area contributed by atoms with Crippen molar-refractivity contribution < 1.29 is 18.7 Å². The molecule has 2 aromatic rings. The average Bonchev–Trinajstić information content (AvgIpc) is 2.73. The zero-order chi connectivity index (χ0) is 15.8. The van der Waals surface area contributed by atoms with Crippen molar-refractivity contribution in [1.29, 1.82) is 0 Å². The van der Waals surface area contributed by atoms with Gasteiger partial charge in [-0.25, -0.2) is 13.8 Å². The van der Waals surface area contributed by atoms with Crippen LogP contribution in [0.2, 0.25) is 0 Å². The number of rotatable bonds is 4. The van der Waals surface area contributed by atoms with Crippen molar-refractivity contribution >= 4 is 33.1 Å². The largest absolute Gasteiger partial charge is 0.397 e. The average molecular weight is 315 g/mol. The number of halogens is 2. The summed E-state index contributed by atoms with van der Waals surface area (Å²) >= 11 is 1.06. The highest BCUT2D eigenvalue weighted by Crippen LogP contribution is 2.34. The number of hydrogen-bond donors (Lipinski definition) is 3. The third-order valence-corrected chi connectivity index (χ3v) is 4.07. The molecule has 0 saturated carbocycles. The first kappa shape index (κ1) is 15.6. The molecule has 4 N–H and O–H groups in total. The minimum Gasteiger partial charge on any atom is -0.397 e. The maximum Gasteiger partial charge on any atom is 0.287 e. The van der Waals surface area contributed by atoms with Crippen molar-refractivity contribution in [1.82, 2.24) is 10.3 Å². The number of pyridine rings is 1. The second-order valence-electron chi connectivity index (χ2n) is 4.80. The van der Waals surface area contributed by atoms with E-state index in [1.54, 1.807) is 0 Å². The number of aromatic nitrogens is 1.